The largest absolute Gasteiger partial charge is 0.393 e. The molecule has 2 N–H and O–H groups in total. The van der Waals surface area contributed by atoms with E-state index in [0.717, 1.165) is 11.1 Å². The second-order valence-electron chi connectivity index (χ2n) is 6.85. The molecule has 0 heterocycles. The molecule has 1 aliphatic rings. The van der Waals surface area contributed by atoms with Crippen LogP contribution in [0, 0.1) is 12.3 Å². The molecule has 0 aromatic heterocycles. The number of hydrogen-bond acceptors (Lipinski definition) is 4. The van der Waals surface area contributed by atoms with Gasteiger partial charge in [-0.2, -0.15) is 0 Å². The van der Waals surface area contributed by atoms with Crippen molar-refractivity contribution in [3.8, 4) is 0 Å². The lowest BCUT2D eigenvalue weighted by atomic mass is 10.00. The van der Waals surface area contributed by atoms with Gasteiger partial charge in [0, 0.05) is 17.5 Å². The number of thiocarbonyl (C=S) groups is 1. The van der Waals surface area contributed by atoms with Gasteiger partial charge in [-0.3, -0.25) is 0 Å². The van der Waals surface area contributed by atoms with Crippen LogP contribution in [0.1, 0.15) is 24.0 Å². The van der Waals surface area contributed by atoms with E-state index in [0.29, 0.717) is 11.6 Å². The van der Waals surface area contributed by atoms with E-state index >= 15 is 0 Å². The highest BCUT2D eigenvalue weighted by Gasteiger charge is 2.73. The normalized spacial score (nSPS) is 24.6. The van der Waals surface area contributed by atoms with Gasteiger partial charge < -0.3 is 10.5 Å². The molecule has 144 valence electrons. The second kappa shape index (κ2) is 7.51. The highest BCUT2D eigenvalue weighted by atomic mass is 35.5. The van der Waals surface area contributed by atoms with Crippen molar-refractivity contribution in [3.63, 3.8) is 0 Å². The first kappa shape index (κ1) is 20.3. The van der Waals surface area contributed by atoms with Crippen LogP contribution in [0.25, 0.3) is 0 Å². The van der Waals surface area contributed by atoms with Crippen molar-refractivity contribution in [2.24, 2.45) is 11.1 Å². The van der Waals surface area contributed by atoms with Gasteiger partial charge in [0.2, 0.25) is 0 Å². The minimum absolute atomic E-state index is 0.164. The molecule has 0 aliphatic heterocycles. The first-order chi connectivity index (χ1) is 12.7. The Morgan fingerprint density at radius 1 is 1.19 bits per heavy atom. The van der Waals surface area contributed by atoms with Crippen LogP contribution in [-0.2, 0) is 14.6 Å². The van der Waals surface area contributed by atoms with Crippen LogP contribution >= 0.6 is 23.8 Å². The predicted octanol–water partition coefficient (Wildman–Crippen LogP) is 3.90. The van der Waals surface area contributed by atoms with Crippen LogP contribution in [0.5, 0.6) is 0 Å². The Hall–Kier alpha value is -1.47. The zero-order chi connectivity index (χ0) is 19.8. The minimum atomic E-state index is -3.65. The summed E-state index contributed by atoms with van der Waals surface area (Å²) in [5.74, 6) is -0.370. The molecule has 1 saturated carbocycles. The predicted molar refractivity (Wildman–Crippen MR) is 112 cm³/mol. The third kappa shape index (κ3) is 3.51. The van der Waals surface area contributed by atoms with Crippen molar-refractivity contribution in [2.45, 2.75) is 29.9 Å². The summed E-state index contributed by atoms with van der Waals surface area (Å²) < 4.78 is 32.5. The molecule has 1 fully saturated rings. The minimum Gasteiger partial charge on any atom is -0.393 e. The van der Waals surface area contributed by atoms with Crippen molar-refractivity contribution in [1.29, 1.82) is 0 Å². The molecule has 1 aliphatic carbocycles. The van der Waals surface area contributed by atoms with E-state index in [2.05, 4.69) is 0 Å². The van der Waals surface area contributed by atoms with E-state index in [9.17, 15) is 8.42 Å². The van der Waals surface area contributed by atoms with Crippen molar-refractivity contribution in [2.75, 3.05) is 13.2 Å². The van der Waals surface area contributed by atoms with Gasteiger partial charge in [0.25, 0.3) is 0 Å². The molecule has 3 atom stereocenters. The number of aryl methyl sites for hydroxylation is 1. The highest BCUT2D eigenvalue weighted by Crippen LogP contribution is 2.64. The molecular weight excluding hydrogens is 402 g/mol. The first-order valence-corrected chi connectivity index (χ1v) is 11.0. The van der Waals surface area contributed by atoms with E-state index in [1.54, 1.807) is 36.4 Å². The maximum atomic E-state index is 13.4. The van der Waals surface area contributed by atoms with Gasteiger partial charge in [-0.1, -0.05) is 53.6 Å². The summed E-state index contributed by atoms with van der Waals surface area (Å²) in [4.78, 5) is 0.434. The number of ether oxygens (including phenoxy) is 1. The van der Waals surface area contributed by atoms with E-state index in [4.69, 9.17) is 34.3 Å². The molecule has 0 saturated heterocycles. The summed E-state index contributed by atoms with van der Waals surface area (Å²) in [6.45, 7) is 4.39. The van der Waals surface area contributed by atoms with Crippen LogP contribution < -0.4 is 5.73 Å². The number of benzene rings is 2. The molecule has 0 unspecified atom stereocenters. The summed E-state index contributed by atoms with van der Waals surface area (Å²) in [6.07, 6.45) is 0. The van der Waals surface area contributed by atoms with Gasteiger partial charge in [-0.25, -0.2) is 8.42 Å². The van der Waals surface area contributed by atoms with Gasteiger partial charge in [-0.15, -0.1) is 0 Å². The lowest BCUT2D eigenvalue weighted by Crippen LogP contribution is -2.33. The molecule has 2 aromatic rings. The SMILES string of the molecule is CCOC[C@]1(C(N)=S)[C@H](c2ccc(Cl)cc2)[C@@H]1S(=O)(=O)c1ccc(C)cc1. The number of rotatable bonds is 7. The lowest BCUT2D eigenvalue weighted by molar-refractivity contribution is 0.121. The van der Waals surface area contributed by atoms with Gasteiger partial charge in [0.05, 0.1) is 27.2 Å². The number of hydrogen-bond donors (Lipinski definition) is 1. The molecule has 7 heteroatoms. The molecular formula is C20H22ClNO3S2. The van der Waals surface area contributed by atoms with E-state index in [1.165, 1.54) is 0 Å². The fourth-order valence-corrected chi connectivity index (χ4v) is 6.58. The van der Waals surface area contributed by atoms with Crippen molar-refractivity contribution in [3.05, 3.63) is 64.7 Å². The zero-order valence-electron chi connectivity index (χ0n) is 15.2. The zero-order valence-corrected chi connectivity index (χ0v) is 17.6. The van der Waals surface area contributed by atoms with E-state index in [-0.39, 0.29) is 22.4 Å². The summed E-state index contributed by atoms with van der Waals surface area (Å²) in [5.41, 5.74) is 6.99. The van der Waals surface area contributed by atoms with Crippen LogP contribution in [0.4, 0.5) is 0 Å². The second-order valence-corrected chi connectivity index (χ2v) is 9.80. The van der Waals surface area contributed by atoms with E-state index < -0.39 is 20.5 Å². The molecule has 0 radical (unpaired) electrons. The van der Waals surface area contributed by atoms with Gasteiger partial charge in [-0.05, 0) is 43.7 Å². The van der Waals surface area contributed by atoms with Crippen LogP contribution in [0.2, 0.25) is 5.02 Å². The standard InChI is InChI=1S/C20H22ClNO3S2/c1-3-25-12-20(19(22)26)17(14-6-8-15(21)9-7-14)18(20)27(23,24)16-10-4-13(2)5-11-16/h4-11,17-18H,3,12H2,1-2H3,(H2,22,26)/t17-,18+,20+/m1/s1. The van der Waals surface area contributed by atoms with Gasteiger partial charge in [0.15, 0.2) is 9.84 Å². The number of nitrogens with two attached hydrogens (primary N) is 1. The Morgan fingerprint density at radius 2 is 1.78 bits per heavy atom. The van der Waals surface area contributed by atoms with Gasteiger partial charge in [0.1, 0.15) is 0 Å². The Kier molecular flexibility index (Phi) is 5.64. The molecule has 27 heavy (non-hydrogen) atoms. The number of sulfone groups is 1. The Morgan fingerprint density at radius 3 is 2.30 bits per heavy atom. The molecule has 0 spiro atoms. The Labute approximate surface area is 170 Å². The smallest absolute Gasteiger partial charge is 0.182 e. The third-order valence-corrected chi connectivity index (χ3v) is 8.10. The molecule has 3 rings (SSSR count). The summed E-state index contributed by atoms with van der Waals surface area (Å²) >= 11 is 11.3. The lowest BCUT2D eigenvalue weighted by Gasteiger charge is -2.17. The fourth-order valence-electron chi connectivity index (χ4n) is 3.69. The van der Waals surface area contributed by atoms with E-state index in [1.807, 2.05) is 26.0 Å². The monoisotopic (exact) mass is 423 g/mol. The maximum Gasteiger partial charge on any atom is 0.182 e. The fraction of sp³-hybridized carbons (Fsp3) is 0.350. The van der Waals surface area contributed by atoms with Crippen molar-refractivity contribution in [1.82, 2.24) is 0 Å². The highest BCUT2D eigenvalue weighted by molar-refractivity contribution is 7.92. The summed E-state index contributed by atoms with van der Waals surface area (Å²) in [5, 5.41) is -0.180. The third-order valence-electron chi connectivity index (χ3n) is 5.17. The number of halogens is 1. The topological polar surface area (TPSA) is 69.4 Å². The average Bonchev–Trinajstić information content (AvgIpc) is 3.32. The summed E-state index contributed by atoms with van der Waals surface area (Å²) in [6, 6.07) is 14.0. The van der Waals surface area contributed by atoms with Crippen molar-refractivity contribution >= 4 is 38.6 Å². The quantitative estimate of drug-likeness (QED) is 0.684. The molecule has 4 nitrogen and oxygen atoms in total. The Balaban J connectivity index is 2.10. The maximum absolute atomic E-state index is 13.4. The molecule has 2 aromatic carbocycles. The van der Waals surface area contributed by atoms with Gasteiger partial charge >= 0.3 is 0 Å². The van der Waals surface area contributed by atoms with Crippen LogP contribution in [0.3, 0.4) is 0 Å². The average molecular weight is 424 g/mol. The molecule has 0 bridgehead atoms. The summed E-state index contributed by atoms with van der Waals surface area (Å²) in [7, 11) is -3.65. The first-order valence-electron chi connectivity index (χ1n) is 8.69. The van der Waals surface area contributed by atoms with Crippen molar-refractivity contribution < 1.29 is 13.2 Å². The van der Waals surface area contributed by atoms with Crippen LogP contribution in [-0.4, -0.2) is 31.9 Å². The van der Waals surface area contributed by atoms with Crippen LogP contribution in [0.15, 0.2) is 53.4 Å². The Bertz CT molecular complexity index is 942. The molecule has 0 amide bonds.